The first kappa shape index (κ1) is 13.5. The fourth-order valence-electron chi connectivity index (χ4n) is 2.54. The van der Waals surface area contributed by atoms with Crippen molar-refractivity contribution in [2.75, 3.05) is 6.54 Å². The van der Waals surface area contributed by atoms with Gasteiger partial charge in [0.1, 0.15) is 5.54 Å². The molecular weight excluding hydrogens is 298 g/mol. The van der Waals surface area contributed by atoms with Crippen molar-refractivity contribution in [2.24, 2.45) is 0 Å². The predicted molar refractivity (Wildman–Crippen MR) is 71.6 cm³/mol. The van der Waals surface area contributed by atoms with Gasteiger partial charge in [-0.15, -0.1) is 0 Å². The lowest BCUT2D eigenvalue weighted by molar-refractivity contribution is -0.144. The second-order valence-corrected chi connectivity index (χ2v) is 5.55. The number of nitrogens with zero attached hydrogens (tertiary/aromatic N) is 2. The second-order valence-electron chi connectivity index (χ2n) is 4.76. The molecule has 0 saturated carbocycles. The van der Waals surface area contributed by atoms with Crippen molar-refractivity contribution in [2.45, 2.75) is 45.2 Å². The number of aryl methyl sites for hydroxylation is 2. The van der Waals surface area contributed by atoms with Crippen molar-refractivity contribution < 1.29 is 9.90 Å². The molecule has 0 aliphatic carbocycles. The first-order valence-electron chi connectivity index (χ1n) is 6.20. The minimum atomic E-state index is -0.831. The van der Waals surface area contributed by atoms with Gasteiger partial charge in [-0.2, -0.15) is 5.10 Å². The molecular formula is C12H18BrN3O2. The van der Waals surface area contributed by atoms with Crippen molar-refractivity contribution in [1.29, 1.82) is 0 Å². The van der Waals surface area contributed by atoms with Crippen LogP contribution in [0.3, 0.4) is 0 Å². The molecule has 0 radical (unpaired) electrons. The maximum atomic E-state index is 11.5. The topological polar surface area (TPSA) is 67.2 Å². The van der Waals surface area contributed by atoms with Crippen LogP contribution in [-0.2, 0) is 17.8 Å². The van der Waals surface area contributed by atoms with E-state index in [1.54, 1.807) is 0 Å². The van der Waals surface area contributed by atoms with Crippen LogP contribution in [-0.4, -0.2) is 32.9 Å². The molecule has 1 aromatic rings. The molecule has 1 atom stereocenters. The predicted octanol–water partition coefficient (Wildman–Crippen LogP) is 1.72. The van der Waals surface area contributed by atoms with Crippen LogP contribution >= 0.6 is 15.9 Å². The van der Waals surface area contributed by atoms with E-state index in [1.165, 1.54) is 0 Å². The Hall–Kier alpha value is -0.880. The minimum absolute atomic E-state index is 0.470. The van der Waals surface area contributed by atoms with Gasteiger partial charge in [-0.1, -0.05) is 0 Å². The Kier molecular flexibility index (Phi) is 3.77. The van der Waals surface area contributed by atoms with E-state index in [1.807, 2.05) is 18.5 Å². The Labute approximate surface area is 115 Å². The number of rotatable bonds is 4. The maximum absolute atomic E-state index is 11.5. The number of hydrogen-bond donors (Lipinski definition) is 2. The van der Waals surface area contributed by atoms with Crippen molar-refractivity contribution in [3.8, 4) is 0 Å². The molecule has 0 amide bonds. The molecule has 18 heavy (non-hydrogen) atoms. The molecule has 1 unspecified atom stereocenters. The number of hydrogen-bond acceptors (Lipinski definition) is 3. The zero-order valence-corrected chi connectivity index (χ0v) is 12.2. The maximum Gasteiger partial charge on any atom is 0.324 e. The third kappa shape index (κ3) is 2.19. The van der Waals surface area contributed by atoms with Crippen molar-refractivity contribution in [3.63, 3.8) is 0 Å². The summed E-state index contributed by atoms with van der Waals surface area (Å²) in [6, 6.07) is 0. The normalized spacial score (nSPS) is 23.5. The quantitative estimate of drug-likeness (QED) is 0.888. The number of nitrogens with one attached hydrogen (secondary N) is 1. The third-order valence-electron chi connectivity index (χ3n) is 3.58. The Balaban J connectivity index is 2.35. The lowest BCUT2D eigenvalue weighted by Gasteiger charge is -2.24. The zero-order valence-electron chi connectivity index (χ0n) is 10.7. The highest BCUT2D eigenvalue weighted by Gasteiger charge is 2.42. The monoisotopic (exact) mass is 315 g/mol. The summed E-state index contributed by atoms with van der Waals surface area (Å²) >= 11 is 3.52. The standard InChI is InChI=1S/C12H18BrN3O2/c1-3-16-9(10(13)8(2)15-16)7-12(11(17)18)5-4-6-14-12/h14H,3-7H2,1-2H3,(H,17,18). The molecule has 2 rings (SSSR count). The highest BCUT2D eigenvalue weighted by molar-refractivity contribution is 9.10. The molecule has 1 saturated heterocycles. The van der Waals surface area contributed by atoms with E-state index < -0.39 is 11.5 Å². The van der Waals surface area contributed by atoms with Gasteiger partial charge in [-0.25, -0.2) is 0 Å². The molecule has 2 N–H and O–H groups in total. The van der Waals surface area contributed by atoms with Crippen molar-refractivity contribution in [3.05, 3.63) is 15.9 Å². The number of carboxylic acid groups (broad SMARTS) is 1. The first-order valence-corrected chi connectivity index (χ1v) is 6.99. The summed E-state index contributed by atoms with van der Waals surface area (Å²) in [4.78, 5) is 11.5. The summed E-state index contributed by atoms with van der Waals surface area (Å²) in [5, 5.41) is 17.0. The molecule has 1 aromatic heterocycles. The highest BCUT2D eigenvalue weighted by atomic mass is 79.9. The summed E-state index contributed by atoms with van der Waals surface area (Å²) < 4.78 is 2.81. The lowest BCUT2D eigenvalue weighted by atomic mass is 9.91. The van der Waals surface area contributed by atoms with Crippen LogP contribution < -0.4 is 5.32 Å². The number of carboxylic acids is 1. The smallest absolute Gasteiger partial charge is 0.324 e. The van der Waals surface area contributed by atoms with Gasteiger partial charge in [-0.05, 0) is 49.2 Å². The van der Waals surface area contributed by atoms with E-state index in [4.69, 9.17) is 0 Å². The zero-order chi connectivity index (χ0) is 13.3. The number of carbonyl (C=O) groups is 1. The van der Waals surface area contributed by atoms with Crippen LogP contribution in [0, 0.1) is 6.92 Å². The summed E-state index contributed by atoms with van der Waals surface area (Å²) in [5.41, 5.74) is 1.04. The van der Waals surface area contributed by atoms with Gasteiger partial charge < -0.3 is 10.4 Å². The van der Waals surface area contributed by atoms with Crippen LogP contribution in [0.4, 0.5) is 0 Å². The molecule has 5 nitrogen and oxygen atoms in total. The van der Waals surface area contributed by atoms with Gasteiger partial charge in [0.2, 0.25) is 0 Å². The van der Waals surface area contributed by atoms with Gasteiger partial charge in [0.25, 0.3) is 0 Å². The summed E-state index contributed by atoms with van der Waals surface area (Å²) in [6.07, 6.45) is 2.05. The molecule has 0 spiro atoms. The number of halogens is 1. The number of aromatic nitrogens is 2. The van der Waals surface area contributed by atoms with Crippen LogP contribution in [0.25, 0.3) is 0 Å². The van der Waals surface area contributed by atoms with E-state index in [2.05, 4.69) is 26.3 Å². The van der Waals surface area contributed by atoms with Gasteiger partial charge in [0.15, 0.2) is 0 Å². The average Bonchev–Trinajstić information content (AvgIpc) is 2.90. The SMILES string of the molecule is CCn1nc(C)c(Br)c1CC1(C(=O)O)CCCN1. The van der Waals surface area contributed by atoms with Crippen LogP contribution in [0.1, 0.15) is 31.2 Å². The van der Waals surface area contributed by atoms with Crippen molar-refractivity contribution >= 4 is 21.9 Å². The molecule has 6 heteroatoms. The van der Waals surface area contributed by atoms with Crippen molar-refractivity contribution in [1.82, 2.24) is 15.1 Å². The highest BCUT2D eigenvalue weighted by Crippen LogP contribution is 2.29. The molecule has 2 heterocycles. The largest absolute Gasteiger partial charge is 0.480 e. The molecule has 1 aliphatic heterocycles. The molecule has 100 valence electrons. The first-order chi connectivity index (χ1) is 8.50. The summed E-state index contributed by atoms with van der Waals surface area (Å²) in [6.45, 7) is 5.45. The van der Waals surface area contributed by atoms with Gasteiger partial charge in [0, 0.05) is 13.0 Å². The van der Waals surface area contributed by atoms with Crippen LogP contribution in [0.15, 0.2) is 4.47 Å². The molecule has 0 bridgehead atoms. The number of aliphatic carboxylic acids is 1. The average molecular weight is 316 g/mol. The third-order valence-corrected chi connectivity index (χ3v) is 4.61. The Bertz CT molecular complexity index is 464. The lowest BCUT2D eigenvalue weighted by Crippen LogP contribution is -2.49. The second kappa shape index (κ2) is 5.01. The van der Waals surface area contributed by atoms with E-state index in [0.717, 1.165) is 35.4 Å². The Morgan fingerprint density at radius 2 is 2.39 bits per heavy atom. The van der Waals surface area contributed by atoms with E-state index in [0.29, 0.717) is 12.8 Å². The Morgan fingerprint density at radius 3 is 2.89 bits per heavy atom. The molecule has 0 aromatic carbocycles. The Morgan fingerprint density at radius 1 is 1.67 bits per heavy atom. The summed E-state index contributed by atoms with van der Waals surface area (Å²) in [5.74, 6) is -0.770. The fourth-order valence-corrected chi connectivity index (χ4v) is 2.96. The van der Waals surface area contributed by atoms with E-state index in [9.17, 15) is 9.90 Å². The van der Waals surface area contributed by atoms with E-state index in [-0.39, 0.29) is 0 Å². The van der Waals surface area contributed by atoms with Gasteiger partial charge in [-0.3, -0.25) is 9.48 Å². The fraction of sp³-hybridized carbons (Fsp3) is 0.667. The summed E-state index contributed by atoms with van der Waals surface area (Å²) in [7, 11) is 0. The molecule has 1 aliphatic rings. The van der Waals surface area contributed by atoms with E-state index >= 15 is 0 Å². The minimum Gasteiger partial charge on any atom is -0.480 e. The van der Waals surface area contributed by atoms with Gasteiger partial charge in [0.05, 0.1) is 15.9 Å². The molecule has 1 fully saturated rings. The van der Waals surface area contributed by atoms with Crippen LogP contribution in [0.5, 0.6) is 0 Å². The van der Waals surface area contributed by atoms with Gasteiger partial charge >= 0.3 is 5.97 Å². The van der Waals surface area contributed by atoms with Crippen LogP contribution in [0.2, 0.25) is 0 Å².